The van der Waals surface area contributed by atoms with Crippen molar-refractivity contribution in [2.75, 3.05) is 29.0 Å². The maximum Gasteiger partial charge on any atom is 0.275 e. The normalized spacial score (nSPS) is 16.6. The molecule has 44 heavy (non-hydrogen) atoms. The molecule has 1 spiro atoms. The number of anilines is 3. The molecule has 1 unspecified atom stereocenters. The third-order valence-electron chi connectivity index (χ3n) is 8.12. The van der Waals surface area contributed by atoms with Crippen LogP contribution in [0, 0.1) is 6.92 Å². The summed E-state index contributed by atoms with van der Waals surface area (Å²) in [6.45, 7) is 9.49. The number of nitrogens with two attached hydrogens (primary N) is 1. The molecule has 6 rings (SSSR count). The number of ether oxygens (including phenoxy) is 1. The first-order chi connectivity index (χ1) is 21.3. The number of nitrogen functional groups attached to an aromatic ring is 1. The molecule has 0 aliphatic carbocycles. The van der Waals surface area contributed by atoms with Gasteiger partial charge in [-0.05, 0) is 68.8 Å². The molecule has 2 aliphatic heterocycles. The number of fused-ring (bicyclic) bond motifs is 6. The predicted octanol–water partition coefficient (Wildman–Crippen LogP) is 6.62. The molecule has 0 aromatic heterocycles. The van der Waals surface area contributed by atoms with E-state index in [0.29, 0.717) is 34.1 Å². The fraction of sp³-hybridized carbons (Fsp3) is 0.200. The monoisotopic (exact) mass is 586 g/mol. The summed E-state index contributed by atoms with van der Waals surface area (Å²) in [6, 6.07) is 24.5. The first kappa shape index (κ1) is 28.7. The molecule has 1 atom stereocenters. The molecule has 0 saturated carbocycles. The number of aryl methyl sites for hydroxylation is 1. The van der Waals surface area contributed by atoms with Gasteiger partial charge in [0.2, 0.25) is 5.91 Å². The van der Waals surface area contributed by atoms with E-state index in [-0.39, 0.29) is 11.8 Å². The average molecular weight is 587 g/mol. The number of carbonyl (C=O) groups is 2. The number of hydrazone groups is 1. The van der Waals surface area contributed by atoms with Gasteiger partial charge in [0, 0.05) is 77.7 Å². The van der Waals surface area contributed by atoms with Gasteiger partial charge in [-0.2, -0.15) is 5.10 Å². The van der Waals surface area contributed by atoms with Gasteiger partial charge in [-0.25, -0.2) is 5.01 Å². The van der Waals surface area contributed by atoms with Crippen molar-refractivity contribution in [2.45, 2.75) is 33.2 Å². The molecule has 0 saturated heterocycles. The molecular formula is C35H34N6O3. The largest absolute Gasteiger partial charge is 0.456 e. The van der Waals surface area contributed by atoms with Gasteiger partial charge >= 0.3 is 0 Å². The highest BCUT2D eigenvalue weighted by Gasteiger charge is 2.57. The van der Waals surface area contributed by atoms with Crippen LogP contribution in [0.15, 0.2) is 89.0 Å². The number of amides is 2. The van der Waals surface area contributed by atoms with E-state index in [1.807, 2.05) is 36.4 Å². The summed E-state index contributed by atoms with van der Waals surface area (Å²) in [4.78, 5) is 32.3. The standard InChI is InChI=1S/C35H34N6O3/c1-5-40(6-2)31-21-33-30(19-22(31)3)35(29-16-11-24(36)20-32(29)44-33)28-10-8-7-9-27(28)34(43)41(35)38-18-17-37-25-12-14-26(15-13-25)39-23(4)42/h7-21H,5-6,36H2,1-4H3,(H,39,42)/b37-17+,38-18+. The number of rotatable bonds is 7. The fourth-order valence-electron chi connectivity index (χ4n) is 6.21. The van der Waals surface area contributed by atoms with Crippen LogP contribution in [0.5, 0.6) is 11.5 Å². The number of hydrogen-bond donors (Lipinski definition) is 2. The molecule has 222 valence electrons. The summed E-state index contributed by atoms with van der Waals surface area (Å²) >= 11 is 0. The third-order valence-corrected chi connectivity index (χ3v) is 8.12. The molecule has 4 aromatic rings. The highest BCUT2D eigenvalue weighted by atomic mass is 16.5. The summed E-state index contributed by atoms with van der Waals surface area (Å²) in [5.41, 5.74) is 12.2. The van der Waals surface area contributed by atoms with Gasteiger partial charge in [0.25, 0.3) is 5.91 Å². The number of carbonyl (C=O) groups excluding carboxylic acids is 2. The zero-order valence-electron chi connectivity index (χ0n) is 25.2. The summed E-state index contributed by atoms with van der Waals surface area (Å²) in [6.07, 6.45) is 3.08. The Bertz CT molecular complexity index is 1830. The summed E-state index contributed by atoms with van der Waals surface area (Å²) in [7, 11) is 0. The molecule has 3 N–H and O–H groups in total. The average Bonchev–Trinajstić information content (AvgIpc) is 3.25. The number of hydrogen-bond acceptors (Lipinski definition) is 7. The lowest BCUT2D eigenvalue weighted by Crippen LogP contribution is -2.44. The lowest BCUT2D eigenvalue weighted by Gasteiger charge is -2.42. The van der Waals surface area contributed by atoms with E-state index in [9.17, 15) is 9.59 Å². The minimum absolute atomic E-state index is 0.142. The van der Waals surface area contributed by atoms with Gasteiger partial charge in [0.05, 0.1) is 11.9 Å². The highest BCUT2D eigenvalue weighted by Crippen LogP contribution is 2.58. The van der Waals surface area contributed by atoms with Crippen LogP contribution in [0.3, 0.4) is 0 Å². The van der Waals surface area contributed by atoms with Gasteiger partial charge in [-0.3, -0.25) is 14.6 Å². The molecular weight excluding hydrogens is 552 g/mol. The summed E-state index contributed by atoms with van der Waals surface area (Å²) < 4.78 is 6.55. The van der Waals surface area contributed by atoms with Crippen molar-refractivity contribution in [2.24, 2.45) is 10.1 Å². The van der Waals surface area contributed by atoms with E-state index >= 15 is 0 Å². The summed E-state index contributed by atoms with van der Waals surface area (Å²) in [5.74, 6) is 0.848. The molecule has 4 aromatic carbocycles. The van der Waals surface area contributed by atoms with Crippen molar-refractivity contribution in [1.29, 1.82) is 0 Å². The number of nitrogens with one attached hydrogen (secondary N) is 1. The first-order valence-corrected chi connectivity index (χ1v) is 14.6. The lowest BCUT2D eigenvalue weighted by molar-refractivity contribution is -0.114. The van der Waals surface area contributed by atoms with Crippen LogP contribution in [-0.2, 0) is 10.3 Å². The maximum absolute atomic E-state index is 14.2. The molecule has 0 bridgehead atoms. The zero-order chi connectivity index (χ0) is 31.0. The molecule has 2 aliphatic rings. The Balaban J connectivity index is 1.50. The van der Waals surface area contributed by atoms with Crippen molar-refractivity contribution in [3.8, 4) is 11.5 Å². The SMILES string of the molecule is CCN(CC)c1cc2c(cc1C)C1(c3ccc(N)cc3O2)c2ccccc2C(=O)N1/N=C/C=N/c1ccc(NC(C)=O)cc1. The lowest BCUT2D eigenvalue weighted by atomic mass is 9.74. The van der Waals surface area contributed by atoms with E-state index in [1.54, 1.807) is 36.5 Å². The van der Waals surface area contributed by atoms with Gasteiger partial charge in [0.1, 0.15) is 17.0 Å². The van der Waals surface area contributed by atoms with Crippen LogP contribution in [0.1, 0.15) is 53.4 Å². The topological polar surface area (TPSA) is 113 Å². The van der Waals surface area contributed by atoms with Crippen LogP contribution in [0.25, 0.3) is 0 Å². The van der Waals surface area contributed by atoms with Crippen LogP contribution < -0.4 is 20.7 Å². The maximum atomic E-state index is 14.2. The van der Waals surface area contributed by atoms with E-state index in [4.69, 9.17) is 15.6 Å². The molecule has 2 heterocycles. The molecule has 0 fully saturated rings. The van der Waals surface area contributed by atoms with E-state index in [2.05, 4.69) is 48.1 Å². The Labute approximate surface area is 256 Å². The van der Waals surface area contributed by atoms with Gasteiger partial charge in [-0.15, -0.1) is 0 Å². The van der Waals surface area contributed by atoms with Crippen molar-refractivity contribution in [1.82, 2.24) is 5.01 Å². The number of benzene rings is 4. The Kier molecular flexibility index (Phi) is 7.38. The van der Waals surface area contributed by atoms with E-state index in [0.717, 1.165) is 41.0 Å². The molecule has 9 nitrogen and oxygen atoms in total. The quantitative estimate of drug-likeness (QED) is 0.187. The number of aliphatic imine (C=N–C) groups is 1. The zero-order valence-corrected chi connectivity index (χ0v) is 25.2. The Morgan fingerprint density at radius 1 is 0.955 bits per heavy atom. The van der Waals surface area contributed by atoms with Crippen LogP contribution in [0.4, 0.5) is 22.7 Å². The summed E-state index contributed by atoms with van der Waals surface area (Å²) in [5, 5.41) is 9.04. The molecule has 2 amide bonds. The van der Waals surface area contributed by atoms with Gasteiger partial charge < -0.3 is 20.7 Å². The highest BCUT2D eigenvalue weighted by molar-refractivity contribution is 6.17. The van der Waals surface area contributed by atoms with Crippen molar-refractivity contribution < 1.29 is 14.3 Å². The van der Waals surface area contributed by atoms with Gasteiger partial charge in [0.15, 0.2) is 0 Å². The minimum atomic E-state index is -1.10. The minimum Gasteiger partial charge on any atom is -0.456 e. The third kappa shape index (κ3) is 4.66. The molecule has 0 radical (unpaired) electrons. The van der Waals surface area contributed by atoms with Gasteiger partial charge in [-0.1, -0.05) is 24.3 Å². The van der Waals surface area contributed by atoms with Crippen molar-refractivity contribution in [3.63, 3.8) is 0 Å². The smallest absolute Gasteiger partial charge is 0.275 e. The van der Waals surface area contributed by atoms with Crippen LogP contribution >= 0.6 is 0 Å². The first-order valence-electron chi connectivity index (χ1n) is 14.6. The van der Waals surface area contributed by atoms with Crippen LogP contribution in [0.2, 0.25) is 0 Å². The van der Waals surface area contributed by atoms with Crippen molar-refractivity contribution >= 4 is 47.0 Å². The Hall–Kier alpha value is -5.44. The second-order valence-corrected chi connectivity index (χ2v) is 10.8. The van der Waals surface area contributed by atoms with Crippen molar-refractivity contribution in [3.05, 3.63) is 107 Å². The van der Waals surface area contributed by atoms with Crippen LogP contribution in [-0.4, -0.2) is 42.3 Å². The predicted molar refractivity (Wildman–Crippen MR) is 176 cm³/mol. The van der Waals surface area contributed by atoms with E-state index < -0.39 is 5.54 Å². The Morgan fingerprint density at radius 3 is 2.41 bits per heavy atom. The van der Waals surface area contributed by atoms with E-state index in [1.165, 1.54) is 18.1 Å². The number of nitrogens with zero attached hydrogens (tertiary/aromatic N) is 4. The Morgan fingerprint density at radius 2 is 1.68 bits per heavy atom. The molecule has 9 heteroatoms. The second-order valence-electron chi connectivity index (χ2n) is 10.8. The fourth-order valence-corrected chi connectivity index (χ4v) is 6.21. The second kappa shape index (κ2) is 11.3.